The van der Waals surface area contributed by atoms with Gasteiger partial charge >= 0.3 is 0 Å². The molecule has 182 valence electrons. The van der Waals surface area contributed by atoms with Gasteiger partial charge in [-0.3, -0.25) is 9.59 Å². The Kier molecular flexibility index (Phi) is 6.62. The topological polar surface area (TPSA) is 83.8 Å². The van der Waals surface area contributed by atoms with Crippen LogP contribution < -0.4 is 0 Å². The molecule has 0 saturated heterocycles. The Morgan fingerprint density at radius 1 is 1.21 bits per heavy atom. The maximum atomic E-state index is 13.3. The highest BCUT2D eigenvalue weighted by molar-refractivity contribution is 6.24. The van der Waals surface area contributed by atoms with Crippen molar-refractivity contribution in [3.8, 4) is 0 Å². The van der Waals surface area contributed by atoms with E-state index in [4.69, 9.17) is 4.74 Å². The molecular formula is C28H40O5. The standard InChI is InChI=1S/C28H40O5/c1-16(2)22(30)21-23(31)19-14-18-11-10-17(3)20(29)15-26(4,5)12-9-13-28(18,8)33-25(19)27(6,7)24(21)32/h9,12,16,18,20,29,31H,3,10-11,13-15H2,1-2,4-8H3/b12-9-/t18-,20+,28+/m0/s1. The normalized spacial score (nSPS) is 33.1. The van der Waals surface area contributed by atoms with E-state index < -0.39 is 23.0 Å². The van der Waals surface area contributed by atoms with Gasteiger partial charge in [0.1, 0.15) is 22.7 Å². The Bertz CT molecular complexity index is 959. The van der Waals surface area contributed by atoms with Crippen molar-refractivity contribution in [2.75, 3.05) is 0 Å². The van der Waals surface area contributed by atoms with Gasteiger partial charge in [-0.2, -0.15) is 0 Å². The fourth-order valence-corrected chi connectivity index (χ4v) is 5.30. The van der Waals surface area contributed by atoms with Gasteiger partial charge in [0.15, 0.2) is 11.6 Å². The van der Waals surface area contributed by atoms with Crippen molar-refractivity contribution in [1.29, 1.82) is 0 Å². The molecule has 0 aromatic heterocycles. The third kappa shape index (κ3) is 4.62. The lowest BCUT2D eigenvalue weighted by Crippen LogP contribution is -2.48. The lowest BCUT2D eigenvalue weighted by atomic mass is 9.67. The number of allylic oxidation sites excluding steroid dienone is 4. The smallest absolute Gasteiger partial charge is 0.183 e. The van der Waals surface area contributed by atoms with Crippen molar-refractivity contribution >= 4 is 11.6 Å². The van der Waals surface area contributed by atoms with Crippen LogP contribution in [-0.4, -0.2) is 33.5 Å². The average molecular weight is 457 g/mol. The molecule has 1 aliphatic heterocycles. The van der Waals surface area contributed by atoms with Crippen LogP contribution in [0.1, 0.15) is 80.6 Å². The second-order valence-corrected chi connectivity index (χ2v) is 11.8. The number of ether oxygens (including phenoxy) is 1. The molecule has 0 fully saturated rings. The van der Waals surface area contributed by atoms with E-state index >= 15 is 0 Å². The zero-order valence-electron chi connectivity index (χ0n) is 21.2. The molecule has 3 rings (SSSR count). The van der Waals surface area contributed by atoms with Gasteiger partial charge in [-0.15, -0.1) is 0 Å². The minimum absolute atomic E-state index is 0.0209. The molecule has 0 bridgehead atoms. The minimum atomic E-state index is -1.04. The van der Waals surface area contributed by atoms with Crippen molar-refractivity contribution in [2.45, 2.75) is 92.3 Å². The Morgan fingerprint density at radius 3 is 2.45 bits per heavy atom. The van der Waals surface area contributed by atoms with E-state index in [1.807, 2.05) is 0 Å². The maximum Gasteiger partial charge on any atom is 0.183 e. The number of carbonyl (C=O) groups excluding carboxylic acids is 2. The van der Waals surface area contributed by atoms with Gasteiger partial charge in [-0.1, -0.05) is 46.4 Å². The number of rotatable bonds is 2. The third-order valence-electron chi connectivity index (χ3n) is 7.68. The number of aliphatic hydroxyl groups is 2. The molecule has 2 aliphatic carbocycles. The van der Waals surface area contributed by atoms with E-state index in [1.54, 1.807) is 27.7 Å². The second kappa shape index (κ2) is 8.57. The first-order valence-electron chi connectivity index (χ1n) is 12.1. The number of carbonyl (C=O) groups is 2. The molecule has 0 aromatic carbocycles. The summed E-state index contributed by atoms with van der Waals surface area (Å²) in [7, 11) is 0. The van der Waals surface area contributed by atoms with Crippen LogP contribution in [0, 0.1) is 22.7 Å². The molecule has 2 N–H and O–H groups in total. The average Bonchev–Trinajstić information content (AvgIpc) is 2.71. The van der Waals surface area contributed by atoms with Crippen molar-refractivity contribution in [1.82, 2.24) is 0 Å². The summed E-state index contributed by atoms with van der Waals surface area (Å²) in [6, 6.07) is 0. The van der Waals surface area contributed by atoms with Gasteiger partial charge < -0.3 is 14.9 Å². The van der Waals surface area contributed by atoms with Crippen LogP contribution in [0.3, 0.4) is 0 Å². The lowest BCUT2D eigenvalue weighted by Gasteiger charge is -2.48. The molecule has 5 nitrogen and oxygen atoms in total. The fraction of sp³-hybridized carbons (Fsp3) is 0.643. The SMILES string of the molecule is C=C1CC[C@H]2CC3=C(O[C@]2(C)C/C=C\C(C)(C)C[C@H]1O)C(C)(C)C(=O)C(C(=O)C(C)C)=C3O. The Morgan fingerprint density at radius 2 is 1.85 bits per heavy atom. The number of fused-ring (bicyclic) bond motifs is 1. The van der Waals surface area contributed by atoms with Crippen LogP contribution in [0.4, 0.5) is 0 Å². The van der Waals surface area contributed by atoms with Crippen LogP contribution in [0.15, 0.2) is 47.0 Å². The molecule has 1 heterocycles. The molecular weight excluding hydrogens is 416 g/mol. The third-order valence-corrected chi connectivity index (χ3v) is 7.68. The van der Waals surface area contributed by atoms with E-state index in [-0.39, 0.29) is 34.2 Å². The van der Waals surface area contributed by atoms with Crippen molar-refractivity contribution in [3.05, 3.63) is 47.0 Å². The predicted octanol–water partition coefficient (Wildman–Crippen LogP) is 5.76. The van der Waals surface area contributed by atoms with E-state index in [2.05, 4.69) is 39.5 Å². The minimum Gasteiger partial charge on any atom is -0.507 e. The van der Waals surface area contributed by atoms with Crippen molar-refractivity contribution in [2.24, 2.45) is 22.7 Å². The first-order chi connectivity index (χ1) is 15.1. The van der Waals surface area contributed by atoms with Gasteiger partial charge in [0.05, 0.1) is 11.5 Å². The van der Waals surface area contributed by atoms with Gasteiger partial charge in [-0.25, -0.2) is 0 Å². The second-order valence-electron chi connectivity index (χ2n) is 11.8. The highest BCUT2D eigenvalue weighted by Gasteiger charge is 2.52. The molecule has 0 amide bonds. The highest BCUT2D eigenvalue weighted by atomic mass is 16.5. The lowest BCUT2D eigenvalue weighted by molar-refractivity contribution is -0.132. The number of hydrogen-bond acceptors (Lipinski definition) is 5. The van der Waals surface area contributed by atoms with Crippen LogP contribution in [0.5, 0.6) is 0 Å². The van der Waals surface area contributed by atoms with Crippen LogP contribution in [0.25, 0.3) is 0 Å². The van der Waals surface area contributed by atoms with Crippen molar-refractivity contribution < 1.29 is 24.5 Å². The van der Waals surface area contributed by atoms with E-state index in [0.29, 0.717) is 37.0 Å². The molecule has 0 spiro atoms. The summed E-state index contributed by atoms with van der Waals surface area (Å²) in [4.78, 5) is 26.2. The molecule has 33 heavy (non-hydrogen) atoms. The molecule has 0 radical (unpaired) electrons. The summed E-state index contributed by atoms with van der Waals surface area (Å²) in [5, 5.41) is 21.8. The highest BCUT2D eigenvalue weighted by Crippen LogP contribution is 2.52. The van der Waals surface area contributed by atoms with Crippen LogP contribution >= 0.6 is 0 Å². The number of aliphatic hydroxyl groups excluding tert-OH is 2. The van der Waals surface area contributed by atoms with Crippen LogP contribution in [-0.2, 0) is 14.3 Å². The number of ketones is 2. The molecule has 0 aromatic rings. The Labute approximate surface area is 198 Å². The first kappa shape index (κ1) is 25.5. The first-order valence-corrected chi connectivity index (χ1v) is 12.1. The molecule has 3 aliphatic rings. The van der Waals surface area contributed by atoms with Gasteiger partial charge in [-0.05, 0) is 57.4 Å². The molecule has 0 unspecified atom stereocenters. The van der Waals surface area contributed by atoms with Crippen LogP contribution in [0.2, 0.25) is 0 Å². The molecule has 0 saturated carbocycles. The number of Topliss-reactive ketones (excluding diaryl/α,β-unsaturated/α-hetero) is 2. The fourth-order valence-electron chi connectivity index (χ4n) is 5.30. The van der Waals surface area contributed by atoms with E-state index in [9.17, 15) is 19.8 Å². The predicted molar refractivity (Wildman–Crippen MR) is 129 cm³/mol. The maximum absolute atomic E-state index is 13.3. The number of hydrogen-bond donors (Lipinski definition) is 2. The summed E-state index contributed by atoms with van der Waals surface area (Å²) < 4.78 is 6.64. The summed E-state index contributed by atoms with van der Waals surface area (Å²) in [5.74, 6) is -0.841. The monoisotopic (exact) mass is 456 g/mol. The zero-order valence-corrected chi connectivity index (χ0v) is 21.2. The summed E-state index contributed by atoms with van der Waals surface area (Å²) >= 11 is 0. The summed E-state index contributed by atoms with van der Waals surface area (Å²) in [5.41, 5.74) is -0.543. The quantitative estimate of drug-likeness (QED) is 0.408. The zero-order chi connectivity index (χ0) is 24.9. The van der Waals surface area contributed by atoms with Gasteiger partial charge in [0.25, 0.3) is 0 Å². The largest absolute Gasteiger partial charge is 0.507 e. The molecule has 3 atom stereocenters. The van der Waals surface area contributed by atoms with E-state index in [1.165, 1.54) is 0 Å². The Balaban J connectivity index is 2.10. The summed E-state index contributed by atoms with van der Waals surface area (Å²) in [6.07, 6.45) is 6.78. The molecule has 5 heteroatoms. The van der Waals surface area contributed by atoms with Gasteiger partial charge in [0.2, 0.25) is 0 Å². The van der Waals surface area contributed by atoms with Gasteiger partial charge in [0, 0.05) is 23.8 Å². The summed E-state index contributed by atoms with van der Waals surface area (Å²) in [6.45, 7) is 17.4. The van der Waals surface area contributed by atoms with E-state index in [0.717, 1.165) is 12.0 Å². The van der Waals surface area contributed by atoms with Crippen molar-refractivity contribution in [3.63, 3.8) is 0 Å². The Hall–Kier alpha value is -2.14.